The summed E-state index contributed by atoms with van der Waals surface area (Å²) >= 11 is 5.91. The van der Waals surface area contributed by atoms with Crippen molar-refractivity contribution in [1.29, 1.82) is 0 Å². The zero-order chi connectivity index (χ0) is 30.7. The second-order valence-corrected chi connectivity index (χ2v) is 10.5. The van der Waals surface area contributed by atoms with Gasteiger partial charge in [0.25, 0.3) is 0 Å². The number of nitrogens with two attached hydrogens (primary N) is 1. The molecule has 1 aliphatic rings. The molecule has 13 heteroatoms. The maximum absolute atomic E-state index is 15.4. The molecule has 0 aliphatic carbocycles. The number of alkyl halides is 1. The number of benzene rings is 2. The molecule has 2 heterocycles. The third kappa shape index (κ3) is 6.34. The number of rotatable bonds is 9. The summed E-state index contributed by atoms with van der Waals surface area (Å²) in [6, 6.07) is 3.32. The number of nitrogen functional groups attached to an aromatic ring is 1. The molecule has 0 saturated carbocycles. The Bertz CT molecular complexity index is 1500. The Kier molecular flexibility index (Phi) is 9.67. The van der Waals surface area contributed by atoms with Crippen molar-refractivity contribution < 1.29 is 36.6 Å². The number of anilines is 1. The van der Waals surface area contributed by atoms with Gasteiger partial charge in [0.05, 0.1) is 12.3 Å². The Labute approximate surface area is 243 Å². The van der Waals surface area contributed by atoms with Crippen LogP contribution in [0.5, 0.6) is 11.5 Å². The first-order valence-electron chi connectivity index (χ1n) is 13.1. The van der Waals surface area contributed by atoms with Crippen LogP contribution in [0, 0.1) is 40.9 Å². The molecule has 0 spiro atoms. The second kappa shape index (κ2) is 13.0. The summed E-state index contributed by atoms with van der Waals surface area (Å²) in [6.07, 6.45) is 4.05. The van der Waals surface area contributed by atoms with Crippen molar-refractivity contribution in [3.63, 3.8) is 0 Å². The van der Waals surface area contributed by atoms with Crippen molar-refractivity contribution in [2.45, 2.75) is 32.1 Å². The van der Waals surface area contributed by atoms with Crippen molar-refractivity contribution >= 4 is 28.9 Å². The summed E-state index contributed by atoms with van der Waals surface area (Å²) in [4.78, 5) is 22.5. The summed E-state index contributed by atoms with van der Waals surface area (Å²) in [5.74, 6) is -9.56. The standard InChI is InChI=1S/C29H28ClF5N4O3/c1-3-17(18-5-4-16(9-20(18)31)42-27-25(34)21(32)10-22(33)26(27)35)24-23(37-13-38-28(24)36)8-14(2)15-6-7-39(11-15)29(41)19(30)12-40/h3-5,9-10,13-15,19,40H,6-8,11-12H2,1-2H3,(H2,36,37,38)/b17-3-/t14-,15-,19?/m1/s1. The number of nitrogens with zero attached hydrogens (tertiary/aromatic N) is 3. The zero-order valence-electron chi connectivity index (χ0n) is 22.7. The number of likely N-dealkylation sites (tertiary alicyclic amines) is 1. The highest BCUT2D eigenvalue weighted by Crippen LogP contribution is 2.37. The fraction of sp³-hybridized carbons (Fsp3) is 0.345. The number of aliphatic hydroxyl groups is 1. The second-order valence-electron chi connectivity index (χ2n) is 9.99. The lowest BCUT2D eigenvalue weighted by molar-refractivity contribution is -0.130. The normalized spacial score (nSPS) is 16.9. The number of hydrogen-bond donors (Lipinski definition) is 2. The van der Waals surface area contributed by atoms with Crippen LogP contribution in [0.2, 0.25) is 0 Å². The van der Waals surface area contributed by atoms with E-state index in [1.807, 2.05) is 6.92 Å². The van der Waals surface area contributed by atoms with Crippen LogP contribution >= 0.6 is 11.6 Å². The van der Waals surface area contributed by atoms with E-state index in [0.717, 1.165) is 12.5 Å². The topological polar surface area (TPSA) is 102 Å². The van der Waals surface area contributed by atoms with E-state index in [1.165, 1.54) is 18.5 Å². The average Bonchev–Trinajstić information content (AvgIpc) is 3.46. The summed E-state index contributed by atoms with van der Waals surface area (Å²) in [5, 5.41) is 8.21. The van der Waals surface area contributed by atoms with Gasteiger partial charge < -0.3 is 20.5 Å². The molecule has 0 bridgehead atoms. The average molecular weight is 611 g/mol. The molecule has 3 N–H and O–H groups in total. The lowest BCUT2D eigenvalue weighted by Gasteiger charge is -2.23. The molecule has 1 unspecified atom stereocenters. The van der Waals surface area contributed by atoms with Crippen molar-refractivity contribution in [1.82, 2.24) is 14.9 Å². The fourth-order valence-electron chi connectivity index (χ4n) is 5.06. The quantitative estimate of drug-likeness (QED) is 0.185. The van der Waals surface area contributed by atoms with Crippen molar-refractivity contribution in [3.05, 3.63) is 82.6 Å². The largest absolute Gasteiger partial charge is 0.451 e. The van der Waals surface area contributed by atoms with Gasteiger partial charge in [-0.15, -0.1) is 11.6 Å². The van der Waals surface area contributed by atoms with Gasteiger partial charge in [-0.05, 0) is 49.3 Å². The number of carbonyl (C=O) groups is 1. The number of hydrogen-bond acceptors (Lipinski definition) is 6. The molecule has 1 aliphatic heterocycles. The maximum atomic E-state index is 15.4. The lowest BCUT2D eigenvalue weighted by Crippen LogP contribution is -2.37. The van der Waals surface area contributed by atoms with Crippen LogP contribution in [0.3, 0.4) is 0 Å². The molecule has 7 nitrogen and oxygen atoms in total. The molecular weight excluding hydrogens is 583 g/mol. The number of aromatic nitrogens is 2. The van der Waals surface area contributed by atoms with Gasteiger partial charge in [0.15, 0.2) is 11.6 Å². The minimum atomic E-state index is -1.76. The van der Waals surface area contributed by atoms with Gasteiger partial charge in [0, 0.05) is 36.3 Å². The van der Waals surface area contributed by atoms with Crippen LogP contribution in [-0.4, -0.2) is 51.0 Å². The van der Waals surface area contributed by atoms with Gasteiger partial charge in [-0.25, -0.2) is 23.1 Å². The number of allylic oxidation sites excluding steroid dienone is 1. The highest BCUT2D eigenvalue weighted by molar-refractivity contribution is 6.30. The molecule has 1 amide bonds. The Morgan fingerprint density at radius 3 is 2.48 bits per heavy atom. The van der Waals surface area contributed by atoms with Crippen molar-refractivity contribution in [3.8, 4) is 11.5 Å². The Hall–Kier alpha value is -3.77. The minimum absolute atomic E-state index is 0.0222. The monoisotopic (exact) mass is 610 g/mol. The lowest BCUT2D eigenvalue weighted by atomic mass is 9.86. The highest BCUT2D eigenvalue weighted by atomic mass is 35.5. The molecule has 42 heavy (non-hydrogen) atoms. The van der Waals surface area contributed by atoms with E-state index < -0.39 is 52.6 Å². The van der Waals surface area contributed by atoms with Crippen molar-refractivity contribution in [2.24, 2.45) is 11.8 Å². The highest BCUT2D eigenvalue weighted by Gasteiger charge is 2.33. The number of halogens is 6. The van der Waals surface area contributed by atoms with E-state index in [2.05, 4.69) is 9.97 Å². The number of carbonyl (C=O) groups excluding carboxylic acids is 1. The van der Waals surface area contributed by atoms with Crippen LogP contribution in [-0.2, 0) is 11.2 Å². The summed E-state index contributed by atoms with van der Waals surface area (Å²) in [6.45, 7) is 4.17. The van der Waals surface area contributed by atoms with E-state index in [0.29, 0.717) is 36.3 Å². The first-order chi connectivity index (χ1) is 20.0. The Morgan fingerprint density at radius 2 is 1.86 bits per heavy atom. The van der Waals surface area contributed by atoms with E-state index >= 15 is 4.39 Å². The zero-order valence-corrected chi connectivity index (χ0v) is 23.4. The molecule has 224 valence electrons. The van der Waals surface area contributed by atoms with Crippen LogP contribution in [0.25, 0.3) is 5.57 Å². The molecule has 3 aromatic rings. The van der Waals surface area contributed by atoms with Crippen LogP contribution < -0.4 is 10.5 Å². The van der Waals surface area contributed by atoms with Gasteiger partial charge in [-0.1, -0.05) is 13.0 Å². The molecule has 4 rings (SSSR count). The molecule has 1 aromatic heterocycles. The summed E-state index contributed by atoms with van der Waals surface area (Å²) < 4.78 is 75.6. The van der Waals surface area contributed by atoms with Gasteiger partial charge >= 0.3 is 0 Å². The fourth-order valence-corrected chi connectivity index (χ4v) is 5.19. The van der Waals surface area contributed by atoms with Crippen LogP contribution in [0.4, 0.5) is 27.8 Å². The van der Waals surface area contributed by atoms with E-state index in [1.54, 1.807) is 17.9 Å². The first-order valence-corrected chi connectivity index (χ1v) is 13.5. The predicted molar refractivity (Wildman–Crippen MR) is 146 cm³/mol. The predicted octanol–water partition coefficient (Wildman–Crippen LogP) is 5.63. The molecular formula is C29H28ClF5N4O3. The van der Waals surface area contributed by atoms with E-state index in [4.69, 9.17) is 22.1 Å². The van der Waals surface area contributed by atoms with Gasteiger partial charge in [-0.2, -0.15) is 8.78 Å². The molecule has 1 fully saturated rings. The molecule has 3 atom stereocenters. The third-order valence-corrected chi connectivity index (χ3v) is 7.64. The summed E-state index contributed by atoms with van der Waals surface area (Å²) in [5.41, 5.74) is 7.54. The van der Waals surface area contributed by atoms with Crippen molar-refractivity contribution in [2.75, 3.05) is 25.4 Å². The summed E-state index contributed by atoms with van der Waals surface area (Å²) in [7, 11) is 0. The SMILES string of the molecule is C/C=C(/c1ccc(Oc2c(F)c(F)cc(F)c2F)cc1F)c1c(N)ncnc1C[C@@H](C)[C@@H]1CCN(C(=O)C(Cl)CO)C1. The first kappa shape index (κ1) is 31.2. The van der Waals surface area contributed by atoms with Gasteiger partial charge in [0.1, 0.15) is 29.1 Å². The number of amides is 1. The molecule has 2 aromatic carbocycles. The number of ether oxygens (including phenoxy) is 1. The Balaban J connectivity index is 1.59. The molecule has 1 saturated heterocycles. The van der Waals surface area contributed by atoms with E-state index in [9.17, 15) is 27.5 Å². The third-order valence-electron chi connectivity index (χ3n) is 7.32. The van der Waals surface area contributed by atoms with Gasteiger partial charge in [-0.3, -0.25) is 4.79 Å². The Morgan fingerprint density at radius 1 is 1.17 bits per heavy atom. The van der Waals surface area contributed by atoms with Crippen LogP contribution in [0.1, 0.15) is 37.1 Å². The van der Waals surface area contributed by atoms with E-state index in [-0.39, 0.29) is 35.2 Å². The minimum Gasteiger partial charge on any atom is -0.451 e. The number of aliphatic hydroxyl groups excluding tert-OH is 1. The van der Waals surface area contributed by atoms with Crippen LogP contribution in [0.15, 0.2) is 36.7 Å². The maximum Gasteiger partial charge on any atom is 0.243 e. The smallest absolute Gasteiger partial charge is 0.243 e. The molecule has 0 radical (unpaired) electrons. The van der Waals surface area contributed by atoms with Gasteiger partial charge in [0.2, 0.25) is 23.3 Å².